The Labute approximate surface area is 250 Å². The highest BCUT2D eigenvalue weighted by Crippen LogP contribution is 2.65. The van der Waals surface area contributed by atoms with Crippen molar-refractivity contribution >= 4 is 46.5 Å². The van der Waals surface area contributed by atoms with Gasteiger partial charge in [-0.05, 0) is 78.6 Å². The summed E-state index contributed by atoms with van der Waals surface area (Å²) in [6.07, 6.45) is 5.28. The van der Waals surface area contributed by atoms with E-state index >= 15 is 0 Å². The largest absolute Gasteiger partial charge is 0.454 e. The average molecular weight is 599 g/mol. The number of ketones is 1. The van der Waals surface area contributed by atoms with Gasteiger partial charge in [0.25, 0.3) is 0 Å². The van der Waals surface area contributed by atoms with Crippen LogP contribution in [0.4, 0.5) is 11.4 Å². The van der Waals surface area contributed by atoms with Crippen molar-refractivity contribution in [3.63, 3.8) is 0 Å². The first-order valence-electron chi connectivity index (χ1n) is 13.8. The number of allylic oxidation sites excluding steroid dienone is 2. The molecule has 3 aromatic rings. The smallest absolute Gasteiger partial charge is 0.338 e. The summed E-state index contributed by atoms with van der Waals surface area (Å²) in [4.78, 5) is 64.3. The molecule has 4 aliphatic carbocycles. The maximum Gasteiger partial charge on any atom is 0.338 e. The molecule has 5 aliphatic rings. The molecule has 8 rings (SSSR count). The number of nitrogens with zero attached hydrogens (tertiary/aromatic N) is 2. The fraction of sp³-hybridized carbons (Fsp3) is 0.250. The second kappa shape index (κ2) is 10.2. The standard InChI is InChI=1S/C32H23ClN2O8/c33-24-5-2-6-25(35(40)41)29(24)43-19-9-7-16(8-10-19)26(36)15-42-32(39)17-3-1-4-18(13-17)34-30(37)27-20-11-12-21(23-14-22(20)23)28(27)31(34)38/h1-13,20-23,27-28H,14-15H2. The Kier molecular flexibility index (Phi) is 6.39. The molecule has 6 atom stereocenters. The van der Waals surface area contributed by atoms with Gasteiger partial charge in [-0.3, -0.25) is 24.5 Å². The molecule has 43 heavy (non-hydrogen) atoms. The molecule has 2 bridgehead atoms. The van der Waals surface area contributed by atoms with Gasteiger partial charge < -0.3 is 9.47 Å². The SMILES string of the molecule is O=C(COC(=O)c1cccc(N2C(=O)C3C4C=CC(C5CC45)C3C2=O)c1)c1ccc(Oc2c(Cl)cccc2[N+](=O)[O-])cc1. The quantitative estimate of drug-likeness (QED) is 0.0812. The number of nitro benzene ring substituents is 1. The molecule has 0 N–H and O–H groups in total. The van der Waals surface area contributed by atoms with Crippen LogP contribution in [-0.2, 0) is 14.3 Å². The van der Waals surface area contributed by atoms with E-state index in [0.717, 1.165) is 6.42 Å². The molecule has 3 aromatic carbocycles. The fourth-order valence-electron chi connectivity index (χ4n) is 6.85. The number of benzene rings is 3. The molecular weight excluding hydrogens is 576 g/mol. The minimum atomic E-state index is -0.777. The number of hydrogen-bond acceptors (Lipinski definition) is 8. The Morgan fingerprint density at radius 2 is 1.56 bits per heavy atom. The first kappa shape index (κ1) is 27.0. The van der Waals surface area contributed by atoms with Crippen LogP contribution in [0.2, 0.25) is 5.02 Å². The van der Waals surface area contributed by atoms with Crippen LogP contribution < -0.4 is 9.64 Å². The Hall–Kier alpha value is -4.83. The maximum atomic E-state index is 13.4. The van der Waals surface area contributed by atoms with Crippen LogP contribution in [0.15, 0.2) is 78.9 Å². The minimum absolute atomic E-state index is 0.0581. The number of halogens is 1. The lowest BCUT2D eigenvalue weighted by molar-refractivity contribution is -0.385. The molecule has 0 spiro atoms. The summed E-state index contributed by atoms with van der Waals surface area (Å²) in [6.45, 7) is -0.553. The van der Waals surface area contributed by atoms with E-state index in [-0.39, 0.29) is 68.8 Å². The first-order valence-corrected chi connectivity index (χ1v) is 14.2. The topological polar surface area (TPSA) is 133 Å². The second-order valence-corrected chi connectivity index (χ2v) is 11.6. The number of imide groups is 1. The van der Waals surface area contributed by atoms with Gasteiger partial charge in [0.05, 0.1) is 33.0 Å². The van der Waals surface area contributed by atoms with Gasteiger partial charge in [-0.1, -0.05) is 35.9 Å². The molecule has 6 unspecified atom stereocenters. The Morgan fingerprint density at radius 3 is 2.21 bits per heavy atom. The molecule has 10 nitrogen and oxygen atoms in total. The van der Waals surface area contributed by atoms with Crippen molar-refractivity contribution in [3.05, 3.63) is 105 Å². The average Bonchev–Trinajstić information content (AvgIpc) is 3.79. The normalized spacial score (nSPS) is 26.1. The van der Waals surface area contributed by atoms with Crippen molar-refractivity contribution in [2.45, 2.75) is 6.42 Å². The number of amides is 2. The molecule has 11 heteroatoms. The zero-order valence-corrected chi connectivity index (χ0v) is 23.2. The van der Waals surface area contributed by atoms with Gasteiger partial charge in [0.15, 0.2) is 12.4 Å². The van der Waals surface area contributed by atoms with Gasteiger partial charge in [0, 0.05) is 11.6 Å². The van der Waals surface area contributed by atoms with Crippen LogP contribution in [0.25, 0.3) is 0 Å². The zero-order chi connectivity index (χ0) is 30.0. The summed E-state index contributed by atoms with van der Waals surface area (Å²) in [7, 11) is 0. The van der Waals surface area contributed by atoms with E-state index in [9.17, 15) is 29.3 Å². The lowest BCUT2D eigenvalue weighted by Crippen LogP contribution is -2.40. The molecule has 3 fully saturated rings. The van der Waals surface area contributed by atoms with E-state index in [2.05, 4.69) is 12.2 Å². The Bertz CT molecular complexity index is 1720. The van der Waals surface area contributed by atoms with Crippen LogP contribution in [0.3, 0.4) is 0 Å². The lowest BCUT2D eigenvalue weighted by atomic mass is 9.63. The monoisotopic (exact) mass is 598 g/mol. The number of hydrogen-bond donors (Lipinski definition) is 0. The highest BCUT2D eigenvalue weighted by atomic mass is 35.5. The minimum Gasteiger partial charge on any atom is -0.454 e. The number of para-hydroxylation sites is 1. The van der Waals surface area contributed by atoms with Crippen molar-refractivity contribution in [1.82, 2.24) is 0 Å². The highest BCUT2D eigenvalue weighted by molar-refractivity contribution is 6.32. The predicted molar refractivity (Wildman–Crippen MR) is 153 cm³/mol. The van der Waals surface area contributed by atoms with Gasteiger partial charge >= 0.3 is 11.7 Å². The third-order valence-electron chi connectivity index (χ3n) is 8.88. The van der Waals surface area contributed by atoms with Crippen LogP contribution in [0.1, 0.15) is 27.1 Å². The van der Waals surface area contributed by atoms with Crippen molar-refractivity contribution in [2.75, 3.05) is 11.5 Å². The molecule has 0 radical (unpaired) electrons. The third kappa shape index (κ3) is 4.49. The summed E-state index contributed by atoms with van der Waals surface area (Å²) in [5.74, 6) is -1.17. The summed E-state index contributed by atoms with van der Waals surface area (Å²) in [5, 5.41) is 11.3. The van der Waals surface area contributed by atoms with Crippen LogP contribution >= 0.6 is 11.6 Å². The number of ether oxygens (including phenoxy) is 2. The van der Waals surface area contributed by atoms with Gasteiger partial charge in [-0.15, -0.1) is 0 Å². The van der Waals surface area contributed by atoms with Crippen LogP contribution in [0.5, 0.6) is 11.5 Å². The number of nitro groups is 1. The first-order chi connectivity index (χ1) is 20.7. The van der Waals surface area contributed by atoms with Gasteiger partial charge in [0.2, 0.25) is 17.6 Å². The molecule has 1 aliphatic heterocycles. The van der Waals surface area contributed by atoms with Crippen molar-refractivity contribution < 1.29 is 33.6 Å². The van der Waals surface area contributed by atoms with E-state index < -0.39 is 23.3 Å². The van der Waals surface area contributed by atoms with Crippen molar-refractivity contribution in [3.8, 4) is 11.5 Å². The molecular formula is C32H23ClN2O8. The predicted octanol–water partition coefficient (Wildman–Crippen LogP) is 5.64. The van der Waals surface area contributed by atoms with Gasteiger partial charge in [0.1, 0.15) is 5.75 Å². The molecule has 216 valence electrons. The highest BCUT2D eigenvalue weighted by Gasteiger charge is 2.67. The summed E-state index contributed by atoms with van der Waals surface area (Å²) in [6, 6.07) is 16.0. The Balaban J connectivity index is 0.999. The molecule has 1 saturated heterocycles. The zero-order valence-electron chi connectivity index (χ0n) is 22.4. The summed E-state index contributed by atoms with van der Waals surface area (Å²) >= 11 is 6.07. The van der Waals surface area contributed by atoms with Gasteiger partial charge in [-0.2, -0.15) is 0 Å². The molecule has 2 amide bonds. The number of anilines is 1. The lowest BCUT2D eigenvalue weighted by Gasteiger charge is -2.37. The molecule has 0 aromatic heterocycles. The fourth-order valence-corrected chi connectivity index (χ4v) is 7.06. The molecule has 1 heterocycles. The van der Waals surface area contributed by atoms with E-state index in [1.165, 1.54) is 59.5 Å². The van der Waals surface area contributed by atoms with Crippen molar-refractivity contribution in [1.29, 1.82) is 0 Å². The summed E-state index contributed by atoms with van der Waals surface area (Å²) in [5.41, 5.74) is 0.336. The van der Waals surface area contributed by atoms with Crippen LogP contribution in [0, 0.1) is 45.6 Å². The number of carbonyl (C=O) groups excluding carboxylic acids is 4. The number of rotatable bonds is 8. The number of Topliss-reactive ketones (excluding diaryl/α,β-unsaturated/α-hetero) is 1. The van der Waals surface area contributed by atoms with Crippen LogP contribution in [-0.4, -0.2) is 35.1 Å². The van der Waals surface area contributed by atoms with E-state index in [0.29, 0.717) is 17.5 Å². The summed E-state index contributed by atoms with van der Waals surface area (Å²) < 4.78 is 10.8. The van der Waals surface area contributed by atoms with E-state index in [4.69, 9.17) is 21.1 Å². The van der Waals surface area contributed by atoms with Gasteiger partial charge in [-0.25, -0.2) is 9.69 Å². The second-order valence-electron chi connectivity index (χ2n) is 11.2. The maximum absolute atomic E-state index is 13.4. The number of esters is 1. The third-order valence-corrected chi connectivity index (χ3v) is 9.17. The van der Waals surface area contributed by atoms with Crippen molar-refractivity contribution in [2.24, 2.45) is 35.5 Å². The van der Waals surface area contributed by atoms with E-state index in [1.807, 2.05) is 0 Å². The number of carbonyl (C=O) groups is 4. The molecule has 2 saturated carbocycles. The van der Waals surface area contributed by atoms with E-state index in [1.54, 1.807) is 12.1 Å². The Morgan fingerprint density at radius 1 is 0.907 bits per heavy atom.